The monoisotopic (exact) mass is 209 g/mol. The van der Waals surface area contributed by atoms with E-state index >= 15 is 0 Å². The Morgan fingerprint density at radius 3 is 2.71 bits per heavy atom. The van der Waals surface area contributed by atoms with Crippen LogP contribution < -0.4 is 0 Å². The van der Waals surface area contributed by atoms with Crippen molar-refractivity contribution in [2.75, 3.05) is 0 Å². The lowest BCUT2D eigenvalue weighted by atomic mass is 10.1. The molecule has 14 heavy (non-hydrogen) atoms. The molecule has 1 aliphatic heterocycles. The number of rotatable bonds is 0. The Labute approximate surface area is 76.7 Å². The summed E-state index contributed by atoms with van der Waals surface area (Å²) >= 11 is 0. The molecule has 2 heterocycles. The molecule has 0 fully saturated rings. The number of hydrogen-bond donors (Lipinski definition) is 0. The van der Waals surface area contributed by atoms with Crippen LogP contribution in [0.15, 0.2) is 6.33 Å². The number of alkyl halides is 4. The second-order valence-electron chi connectivity index (χ2n) is 3.32. The van der Waals surface area contributed by atoms with E-state index in [4.69, 9.17) is 0 Å². The van der Waals surface area contributed by atoms with E-state index in [0.717, 1.165) is 6.33 Å². The minimum absolute atomic E-state index is 0.0906. The molecule has 0 spiro atoms. The molecule has 0 atom stereocenters. The molecule has 3 nitrogen and oxygen atoms in total. The van der Waals surface area contributed by atoms with Gasteiger partial charge in [0.25, 0.3) is 5.92 Å². The second-order valence-corrected chi connectivity index (χ2v) is 3.32. The fraction of sp³-hybridized carbons (Fsp3) is 0.714. The molecule has 0 N–H and O–H groups in total. The van der Waals surface area contributed by atoms with Gasteiger partial charge >= 0.3 is 6.05 Å². The van der Waals surface area contributed by atoms with Gasteiger partial charge in [-0.05, 0) is 0 Å². The van der Waals surface area contributed by atoms with Crippen LogP contribution in [0, 0.1) is 0 Å². The van der Waals surface area contributed by atoms with Crippen LogP contribution >= 0.6 is 0 Å². The first-order valence-electron chi connectivity index (χ1n) is 4.06. The number of fused-ring (bicyclic) bond motifs is 1. The highest BCUT2D eigenvalue weighted by molar-refractivity contribution is 4.96. The molecule has 1 aromatic rings. The maximum Gasteiger partial charge on any atom is 0.337 e. The fourth-order valence-corrected chi connectivity index (χ4v) is 1.48. The lowest BCUT2D eigenvalue weighted by Crippen LogP contribution is -2.29. The van der Waals surface area contributed by atoms with Crippen molar-refractivity contribution in [2.45, 2.75) is 31.2 Å². The van der Waals surface area contributed by atoms with Crippen molar-refractivity contribution in [3.63, 3.8) is 0 Å². The van der Waals surface area contributed by atoms with Crippen LogP contribution in [0.1, 0.15) is 18.7 Å². The van der Waals surface area contributed by atoms with Gasteiger partial charge in [0.15, 0.2) is 0 Å². The van der Waals surface area contributed by atoms with E-state index in [9.17, 15) is 17.6 Å². The number of hydrogen-bond acceptors (Lipinski definition) is 2. The van der Waals surface area contributed by atoms with Crippen LogP contribution in [0.25, 0.3) is 0 Å². The van der Waals surface area contributed by atoms with Crippen LogP contribution in [0.3, 0.4) is 0 Å². The molecular formula is C7H7F4N3. The lowest BCUT2D eigenvalue weighted by molar-refractivity contribution is -0.154. The van der Waals surface area contributed by atoms with Crippen LogP contribution in [0.4, 0.5) is 17.6 Å². The Morgan fingerprint density at radius 1 is 1.29 bits per heavy atom. The summed E-state index contributed by atoms with van der Waals surface area (Å²) in [5.74, 6) is -3.43. The van der Waals surface area contributed by atoms with E-state index in [1.54, 1.807) is 0 Å². The van der Waals surface area contributed by atoms with Crippen molar-refractivity contribution in [2.24, 2.45) is 0 Å². The second kappa shape index (κ2) is 2.68. The van der Waals surface area contributed by atoms with Gasteiger partial charge in [-0.25, -0.2) is 8.78 Å². The molecule has 7 heteroatoms. The van der Waals surface area contributed by atoms with Gasteiger partial charge in [-0.1, -0.05) is 0 Å². The summed E-state index contributed by atoms with van der Waals surface area (Å²) in [6, 6.07) is -3.60. The van der Waals surface area contributed by atoms with Crippen LogP contribution in [-0.4, -0.2) is 20.7 Å². The predicted molar refractivity (Wildman–Crippen MR) is 38.1 cm³/mol. The lowest BCUT2D eigenvalue weighted by Gasteiger charge is -2.20. The Morgan fingerprint density at radius 2 is 2.00 bits per heavy atom. The van der Waals surface area contributed by atoms with Gasteiger partial charge in [-0.2, -0.15) is 8.78 Å². The first-order valence-corrected chi connectivity index (χ1v) is 4.06. The zero-order chi connectivity index (χ0) is 10.4. The fourth-order valence-electron chi connectivity index (χ4n) is 1.48. The quantitative estimate of drug-likeness (QED) is 0.610. The SMILES string of the molecule is FC1(F)CCc2nncn2C(F)(F)C1. The Hall–Kier alpha value is -1.14. The van der Waals surface area contributed by atoms with Gasteiger partial charge in [0.05, 0.1) is 6.42 Å². The third kappa shape index (κ3) is 1.46. The van der Waals surface area contributed by atoms with Gasteiger partial charge in [0.1, 0.15) is 12.2 Å². The highest BCUT2D eigenvalue weighted by Gasteiger charge is 2.48. The molecule has 78 valence electrons. The van der Waals surface area contributed by atoms with Crippen molar-refractivity contribution in [1.29, 1.82) is 0 Å². The standard InChI is InChI=1S/C7H7F4N3/c8-6(9)2-1-5-13-12-4-14(5)7(10,11)3-6/h4H,1-3H2. The van der Waals surface area contributed by atoms with Crippen LogP contribution in [-0.2, 0) is 12.5 Å². The first kappa shape index (κ1) is 9.42. The predicted octanol–water partition coefficient (Wildman–Crippen LogP) is 1.80. The average Bonchev–Trinajstić information content (AvgIpc) is 2.43. The molecule has 0 saturated carbocycles. The summed E-state index contributed by atoms with van der Waals surface area (Å²) in [5.41, 5.74) is 0. The zero-order valence-electron chi connectivity index (χ0n) is 7.05. The summed E-state index contributed by atoms with van der Waals surface area (Å²) < 4.78 is 52.5. The molecule has 0 aliphatic carbocycles. The van der Waals surface area contributed by atoms with E-state index < -0.39 is 24.8 Å². The zero-order valence-corrected chi connectivity index (χ0v) is 7.05. The van der Waals surface area contributed by atoms with Crippen LogP contribution in [0.5, 0.6) is 0 Å². The highest BCUT2D eigenvalue weighted by atomic mass is 19.3. The van der Waals surface area contributed by atoms with E-state index in [2.05, 4.69) is 10.2 Å². The molecular weight excluding hydrogens is 202 g/mol. The Kier molecular flexibility index (Phi) is 1.80. The summed E-state index contributed by atoms with van der Waals surface area (Å²) in [4.78, 5) is 0. The third-order valence-electron chi connectivity index (χ3n) is 2.16. The molecule has 2 rings (SSSR count). The Balaban J connectivity index is 2.42. The van der Waals surface area contributed by atoms with E-state index in [1.165, 1.54) is 0 Å². The molecule has 1 aliphatic rings. The number of aromatic nitrogens is 3. The molecule has 0 aromatic carbocycles. The van der Waals surface area contributed by atoms with E-state index in [-0.39, 0.29) is 12.2 Å². The third-order valence-corrected chi connectivity index (χ3v) is 2.16. The summed E-state index contributed by atoms with van der Waals surface area (Å²) in [6.07, 6.45) is -1.48. The minimum Gasteiger partial charge on any atom is -0.256 e. The number of nitrogens with zero attached hydrogens (tertiary/aromatic N) is 3. The van der Waals surface area contributed by atoms with Crippen molar-refractivity contribution in [3.05, 3.63) is 12.2 Å². The maximum atomic E-state index is 13.2. The van der Waals surface area contributed by atoms with E-state index in [0.29, 0.717) is 4.57 Å². The van der Waals surface area contributed by atoms with Gasteiger partial charge in [0, 0.05) is 12.8 Å². The molecule has 0 amide bonds. The van der Waals surface area contributed by atoms with Crippen molar-refractivity contribution in [3.8, 4) is 0 Å². The highest BCUT2D eigenvalue weighted by Crippen LogP contribution is 2.40. The van der Waals surface area contributed by atoms with Crippen molar-refractivity contribution in [1.82, 2.24) is 14.8 Å². The molecule has 0 saturated heterocycles. The number of halogens is 4. The average molecular weight is 209 g/mol. The minimum atomic E-state index is -3.60. The largest absolute Gasteiger partial charge is 0.337 e. The smallest absolute Gasteiger partial charge is 0.256 e. The van der Waals surface area contributed by atoms with Gasteiger partial charge in [-0.15, -0.1) is 10.2 Å². The van der Waals surface area contributed by atoms with E-state index in [1.807, 2.05) is 0 Å². The summed E-state index contributed by atoms with van der Waals surface area (Å²) in [5, 5.41) is 6.65. The van der Waals surface area contributed by atoms with Crippen molar-refractivity contribution < 1.29 is 17.6 Å². The summed E-state index contributed by atoms with van der Waals surface area (Å²) in [7, 11) is 0. The number of aryl methyl sites for hydroxylation is 1. The normalized spacial score (nSPS) is 24.0. The summed E-state index contributed by atoms with van der Waals surface area (Å²) in [6.45, 7) is 0. The van der Waals surface area contributed by atoms with Crippen LogP contribution in [0.2, 0.25) is 0 Å². The van der Waals surface area contributed by atoms with Gasteiger partial charge in [0.2, 0.25) is 0 Å². The topological polar surface area (TPSA) is 30.7 Å². The Bertz CT molecular complexity index is 346. The van der Waals surface area contributed by atoms with Gasteiger partial charge in [-0.3, -0.25) is 4.57 Å². The van der Waals surface area contributed by atoms with Crippen molar-refractivity contribution >= 4 is 0 Å². The molecule has 0 radical (unpaired) electrons. The molecule has 1 aromatic heterocycles. The molecule has 0 bridgehead atoms. The first-order chi connectivity index (χ1) is 6.41. The maximum absolute atomic E-state index is 13.2. The van der Waals surface area contributed by atoms with Gasteiger partial charge < -0.3 is 0 Å². The molecule has 0 unspecified atom stereocenters.